The van der Waals surface area contributed by atoms with Gasteiger partial charge in [0.25, 0.3) is 0 Å². The van der Waals surface area contributed by atoms with Crippen molar-refractivity contribution in [2.75, 3.05) is 19.4 Å². The van der Waals surface area contributed by atoms with Crippen LogP contribution in [0.4, 0.5) is 5.95 Å². The number of hydrogen-bond donors (Lipinski definition) is 1. The van der Waals surface area contributed by atoms with Crippen LogP contribution in [0.15, 0.2) is 30.5 Å². The van der Waals surface area contributed by atoms with E-state index < -0.39 is 0 Å². The zero-order valence-electron chi connectivity index (χ0n) is 16.4. The molecule has 1 amide bonds. The van der Waals surface area contributed by atoms with Crippen molar-refractivity contribution in [3.8, 4) is 16.9 Å². The Bertz CT molecular complexity index is 848. The molecule has 1 saturated carbocycles. The van der Waals surface area contributed by atoms with Crippen molar-refractivity contribution in [3.05, 3.63) is 36.2 Å². The molecule has 1 aromatic heterocycles. The van der Waals surface area contributed by atoms with E-state index in [1.165, 1.54) is 0 Å². The van der Waals surface area contributed by atoms with Crippen molar-refractivity contribution in [1.82, 2.24) is 14.9 Å². The van der Waals surface area contributed by atoms with Gasteiger partial charge in [-0.15, -0.1) is 0 Å². The number of piperidine rings is 1. The van der Waals surface area contributed by atoms with Crippen LogP contribution in [0.3, 0.4) is 0 Å². The number of nitrogen functional groups attached to an aromatic ring is 1. The number of nitrogens with zero attached hydrogens (tertiary/aromatic N) is 3. The minimum Gasteiger partial charge on any atom is -0.497 e. The molecule has 2 heterocycles. The molecule has 1 unspecified atom stereocenters. The summed E-state index contributed by atoms with van der Waals surface area (Å²) < 4.78 is 5.38. The van der Waals surface area contributed by atoms with Crippen LogP contribution in [0.5, 0.6) is 5.75 Å². The summed E-state index contributed by atoms with van der Waals surface area (Å²) in [6.07, 6.45) is 9.15. The maximum atomic E-state index is 13.2. The Morgan fingerprint density at radius 2 is 1.96 bits per heavy atom. The van der Waals surface area contributed by atoms with E-state index in [4.69, 9.17) is 10.5 Å². The second-order valence-electron chi connectivity index (χ2n) is 7.78. The molecule has 2 N–H and O–H groups in total. The van der Waals surface area contributed by atoms with Crippen LogP contribution >= 0.6 is 0 Å². The Balaban J connectivity index is 1.73. The van der Waals surface area contributed by atoms with Crippen LogP contribution < -0.4 is 10.5 Å². The number of ether oxygens (including phenoxy) is 1. The Labute approximate surface area is 166 Å². The molecule has 2 aliphatic rings. The number of carbonyl (C=O) groups excluding carboxylic acids is 1. The quantitative estimate of drug-likeness (QED) is 0.868. The largest absolute Gasteiger partial charge is 0.497 e. The average Bonchev–Trinajstić information content (AvgIpc) is 3.28. The summed E-state index contributed by atoms with van der Waals surface area (Å²) in [5, 5.41) is 0. The van der Waals surface area contributed by atoms with E-state index >= 15 is 0 Å². The van der Waals surface area contributed by atoms with E-state index in [2.05, 4.69) is 14.9 Å². The fourth-order valence-electron chi connectivity index (χ4n) is 4.56. The molecule has 1 aliphatic carbocycles. The zero-order valence-corrected chi connectivity index (χ0v) is 16.4. The van der Waals surface area contributed by atoms with Gasteiger partial charge in [-0.2, -0.15) is 0 Å². The summed E-state index contributed by atoms with van der Waals surface area (Å²) in [7, 11) is 1.66. The van der Waals surface area contributed by atoms with E-state index in [-0.39, 0.29) is 23.8 Å². The van der Waals surface area contributed by atoms with Crippen molar-refractivity contribution < 1.29 is 9.53 Å². The molecule has 1 saturated heterocycles. The van der Waals surface area contributed by atoms with E-state index in [1.54, 1.807) is 13.3 Å². The fourth-order valence-corrected chi connectivity index (χ4v) is 4.56. The molecule has 6 nitrogen and oxygen atoms in total. The summed E-state index contributed by atoms with van der Waals surface area (Å²) in [5.41, 5.74) is 8.72. The lowest BCUT2D eigenvalue weighted by Gasteiger charge is -2.37. The molecule has 0 radical (unpaired) electrons. The summed E-state index contributed by atoms with van der Waals surface area (Å²) in [4.78, 5) is 24.2. The number of anilines is 1. The van der Waals surface area contributed by atoms with Crippen LogP contribution in [-0.2, 0) is 4.79 Å². The first-order chi connectivity index (χ1) is 13.7. The molecular weight excluding hydrogens is 352 g/mol. The van der Waals surface area contributed by atoms with Gasteiger partial charge >= 0.3 is 0 Å². The number of carbonyl (C=O) groups is 1. The molecule has 1 aliphatic heterocycles. The maximum absolute atomic E-state index is 13.2. The molecule has 0 spiro atoms. The van der Waals surface area contributed by atoms with Gasteiger partial charge in [0.2, 0.25) is 11.9 Å². The van der Waals surface area contributed by atoms with Crippen molar-refractivity contribution >= 4 is 11.9 Å². The molecule has 0 bridgehead atoms. The lowest BCUT2D eigenvalue weighted by Crippen LogP contribution is -2.42. The Kier molecular flexibility index (Phi) is 5.46. The second-order valence-corrected chi connectivity index (χ2v) is 7.78. The molecular formula is C22H28N4O2. The lowest BCUT2D eigenvalue weighted by atomic mass is 9.92. The third kappa shape index (κ3) is 3.68. The van der Waals surface area contributed by atoms with Crippen molar-refractivity contribution in [2.45, 2.75) is 51.0 Å². The van der Waals surface area contributed by atoms with Gasteiger partial charge in [-0.25, -0.2) is 9.97 Å². The Morgan fingerprint density at radius 1 is 1.18 bits per heavy atom. The number of benzene rings is 1. The third-order valence-corrected chi connectivity index (χ3v) is 6.02. The lowest BCUT2D eigenvalue weighted by molar-refractivity contribution is -0.139. The molecule has 148 valence electrons. The Morgan fingerprint density at radius 3 is 2.75 bits per heavy atom. The highest BCUT2D eigenvalue weighted by Crippen LogP contribution is 2.39. The van der Waals surface area contributed by atoms with Gasteiger partial charge in [0.15, 0.2) is 0 Å². The summed E-state index contributed by atoms with van der Waals surface area (Å²) in [5.74, 6) is 1.49. The average molecular weight is 380 g/mol. The van der Waals surface area contributed by atoms with Gasteiger partial charge in [0.1, 0.15) is 5.75 Å². The van der Waals surface area contributed by atoms with Crippen LogP contribution in [0.2, 0.25) is 0 Å². The number of nitrogens with two attached hydrogens (primary N) is 1. The van der Waals surface area contributed by atoms with E-state index in [0.717, 1.165) is 74.1 Å². The predicted octanol–water partition coefficient (Wildman–Crippen LogP) is 3.98. The number of hydrogen-bond acceptors (Lipinski definition) is 5. The smallest absolute Gasteiger partial charge is 0.226 e. The number of methoxy groups -OCH3 is 1. The first-order valence-corrected chi connectivity index (χ1v) is 10.2. The molecule has 2 fully saturated rings. The van der Waals surface area contributed by atoms with Crippen LogP contribution in [-0.4, -0.2) is 34.4 Å². The zero-order chi connectivity index (χ0) is 19.5. The van der Waals surface area contributed by atoms with E-state index in [1.807, 2.05) is 24.3 Å². The van der Waals surface area contributed by atoms with Gasteiger partial charge in [-0.05, 0) is 49.8 Å². The molecule has 28 heavy (non-hydrogen) atoms. The molecule has 1 atom stereocenters. The first kappa shape index (κ1) is 18.7. The van der Waals surface area contributed by atoms with Gasteiger partial charge in [-0.3, -0.25) is 4.79 Å². The number of aromatic nitrogens is 2. The highest BCUT2D eigenvalue weighted by molar-refractivity contribution is 5.80. The van der Waals surface area contributed by atoms with Crippen molar-refractivity contribution in [3.63, 3.8) is 0 Å². The topological polar surface area (TPSA) is 81.3 Å². The highest BCUT2D eigenvalue weighted by atomic mass is 16.5. The number of rotatable bonds is 4. The standard InChI is InChI=1S/C22H28N4O2/c1-28-17-10-6-9-16(13-17)18-14-24-22(23)25-20(18)19-11-4-5-12-26(19)21(27)15-7-2-3-8-15/h6,9-10,13-15,19H,2-5,7-8,11-12H2,1H3,(H2,23,24,25). The SMILES string of the molecule is COc1cccc(-c2cnc(N)nc2C2CCCCN2C(=O)C2CCCC2)c1. The van der Waals surface area contributed by atoms with Gasteiger partial charge < -0.3 is 15.4 Å². The van der Waals surface area contributed by atoms with E-state index in [0.29, 0.717) is 0 Å². The van der Waals surface area contributed by atoms with Crippen molar-refractivity contribution in [1.29, 1.82) is 0 Å². The third-order valence-electron chi connectivity index (χ3n) is 6.02. The van der Waals surface area contributed by atoms with E-state index in [9.17, 15) is 4.79 Å². The number of amides is 1. The maximum Gasteiger partial charge on any atom is 0.226 e. The summed E-state index contributed by atoms with van der Waals surface area (Å²) in [6.45, 7) is 0.793. The first-order valence-electron chi connectivity index (χ1n) is 10.2. The highest BCUT2D eigenvalue weighted by Gasteiger charge is 2.35. The molecule has 2 aromatic rings. The minimum absolute atomic E-state index is 0.0478. The fraction of sp³-hybridized carbons (Fsp3) is 0.500. The van der Waals surface area contributed by atoms with Gasteiger partial charge in [0.05, 0.1) is 18.8 Å². The van der Waals surface area contributed by atoms with Gasteiger partial charge in [-0.1, -0.05) is 25.0 Å². The molecule has 6 heteroatoms. The number of likely N-dealkylation sites (tertiary alicyclic amines) is 1. The van der Waals surface area contributed by atoms with Crippen LogP contribution in [0.1, 0.15) is 56.7 Å². The monoisotopic (exact) mass is 380 g/mol. The summed E-state index contributed by atoms with van der Waals surface area (Å²) >= 11 is 0. The van der Waals surface area contributed by atoms with Crippen LogP contribution in [0.25, 0.3) is 11.1 Å². The summed E-state index contributed by atoms with van der Waals surface area (Å²) in [6, 6.07) is 7.82. The molecule has 4 rings (SSSR count). The molecule has 1 aromatic carbocycles. The van der Waals surface area contributed by atoms with Gasteiger partial charge in [0, 0.05) is 24.2 Å². The van der Waals surface area contributed by atoms with Crippen LogP contribution in [0, 0.1) is 5.92 Å². The minimum atomic E-state index is -0.0478. The normalized spacial score (nSPS) is 20.3. The van der Waals surface area contributed by atoms with Crippen molar-refractivity contribution in [2.24, 2.45) is 5.92 Å². The second kappa shape index (κ2) is 8.17. The Hall–Kier alpha value is -2.63. The predicted molar refractivity (Wildman–Crippen MR) is 109 cm³/mol.